The first kappa shape index (κ1) is 18.4. The first-order valence-electron chi connectivity index (χ1n) is 6.92. The molecule has 1 amide bonds. The number of anilines is 2. The summed E-state index contributed by atoms with van der Waals surface area (Å²) in [7, 11) is 0. The van der Waals surface area contributed by atoms with Crippen molar-refractivity contribution in [2.75, 3.05) is 10.7 Å². The number of rotatable bonds is 4. The molecule has 0 aliphatic rings. The molecule has 0 bridgehead atoms. The lowest BCUT2D eigenvalue weighted by atomic mass is 10.1. The summed E-state index contributed by atoms with van der Waals surface area (Å²) < 4.78 is 66.4. The first-order chi connectivity index (χ1) is 11.7. The van der Waals surface area contributed by atoms with Gasteiger partial charge < -0.3 is 5.32 Å². The van der Waals surface area contributed by atoms with Gasteiger partial charge in [0.2, 0.25) is 11.7 Å². The number of carbonyl (C=O) groups excluding carboxylic acids is 1. The Balaban J connectivity index is 2.33. The summed E-state index contributed by atoms with van der Waals surface area (Å²) in [6.07, 6.45) is 0. The molecular formula is C16H12F5N3O. The van der Waals surface area contributed by atoms with Crippen LogP contribution in [0.2, 0.25) is 0 Å². The van der Waals surface area contributed by atoms with Gasteiger partial charge in [0.25, 0.3) is 0 Å². The minimum Gasteiger partial charge on any atom is -0.326 e. The van der Waals surface area contributed by atoms with Crippen LogP contribution in [0.25, 0.3) is 0 Å². The third kappa shape index (κ3) is 3.93. The molecule has 132 valence electrons. The van der Waals surface area contributed by atoms with Crippen molar-refractivity contribution in [2.24, 2.45) is 5.10 Å². The van der Waals surface area contributed by atoms with Crippen LogP contribution in [-0.2, 0) is 4.79 Å². The van der Waals surface area contributed by atoms with Crippen molar-refractivity contribution in [3.63, 3.8) is 0 Å². The summed E-state index contributed by atoms with van der Waals surface area (Å²) >= 11 is 0. The third-order valence-electron chi connectivity index (χ3n) is 3.15. The van der Waals surface area contributed by atoms with E-state index in [1.807, 2.05) is 5.43 Å². The second-order valence-corrected chi connectivity index (χ2v) is 5.02. The topological polar surface area (TPSA) is 53.5 Å². The van der Waals surface area contributed by atoms with E-state index in [-0.39, 0.29) is 11.6 Å². The Kier molecular flexibility index (Phi) is 5.35. The number of nitrogens with zero attached hydrogens (tertiary/aromatic N) is 1. The molecule has 0 aromatic heterocycles. The molecule has 0 heterocycles. The fourth-order valence-corrected chi connectivity index (χ4v) is 1.93. The zero-order chi connectivity index (χ0) is 18.7. The van der Waals surface area contributed by atoms with Crippen LogP contribution in [0.15, 0.2) is 29.4 Å². The molecule has 0 saturated heterocycles. The molecule has 2 aromatic carbocycles. The van der Waals surface area contributed by atoms with Gasteiger partial charge in [-0.2, -0.15) is 5.10 Å². The number of amides is 1. The highest BCUT2D eigenvalue weighted by molar-refractivity contribution is 6.00. The lowest BCUT2D eigenvalue weighted by molar-refractivity contribution is -0.114. The Labute approximate surface area is 139 Å². The van der Waals surface area contributed by atoms with Crippen molar-refractivity contribution >= 4 is 23.0 Å². The van der Waals surface area contributed by atoms with Crippen LogP contribution in [-0.4, -0.2) is 11.6 Å². The van der Waals surface area contributed by atoms with Gasteiger partial charge in [-0.25, -0.2) is 22.0 Å². The third-order valence-corrected chi connectivity index (χ3v) is 3.15. The summed E-state index contributed by atoms with van der Waals surface area (Å²) in [6.45, 7) is 2.77. The Morgan fingerprint density at radius 3 is 2.04 bits per heavy atom. The van der Waals surface area contributed by atoms with Crippen LogP contribution in [0.4, 0.5) is 33.3 Å². The molecule has 0 unspecified atom stereocenters. The van der Waals surface area contributed by atoms with E-state index < -0.39 is 34.8 Å². The molecule has 25 heavy (non-hydrogen) atoms. The number of hydrazone groups is 1. The molecule has 0 saturated carbocycles. The molecule has 2 rings (SSSR count). The Hall–Kier alpha value is -2.97. The van der Waals surface area contributed by atoms with Gasteiger partial charge >= 0.3 is 0 Å². The minimum atomic E-state index is -2.25. The van der Waals surface area contributed by atoms with Crippen molar-refractivity contribution < 1.29 is 26.7 Å². The molecule has 0 aliphatic carbocycles. The second kappa shape index (κ2) is 7.29. The van der Waals surface area contributed by atoms with E-state index in [1.54, 1.807) is 18.2 Å². The van der Waals surface area contributed by atoms with Crippen molar-refractivity contribution in [3.05, 3.63) is 58.9 Å². The number of halogens is 5. The number of benzene rings is 2. The molecule has 9 heteroatoms. The molecule has 2 N–H and O–H groups in total. The largest absolute Gasteiger partial charge is 0.326 e. The quantitative estimate of drug-likeness (QED) is 0.284. The van der Waals surface area contributed by atoms with Gasteiger partial charge in [-0.05, 0) is 24.6 Å². The number of hydrogen-bond acceptors (Lipinski definition) is 3. The van der Waals surface area contributed by atoms with Gasteiger partial charge in [0.1, 0.15) is 5.69 Å². The maximum absolute atomic E-state index is 13.6. The zero-order valence-electron chi connectivity index (χ0n) is 13.1. The fraction of sp³-hybridized carbons (Fsp3) is 0.125. The van der Waals surface area contributed by atoms with E-state index in [2.05, 4.69) is 10.4 Å². The predicted molar refractivity (Wildman–Crippen MR) is 82.8 cm³/mol. The lowest BCUT2D eigenvalue weighted by Crippen LogP contribution is -2.09. The second-order valence-electron chi connectivity index (χ2n) is 5.02. The average Bonchev–Trinajstić information content (AvgIpc) is 2.57. The van der Waals surface area contributed by atoms with Crippen molar-refractivity contribution in [2.45, 2.75) is 13.8 Å². The molecule has 0 aliphatic heterocycles. The molecule has 0 atom stereocenters. The van der Waals surface area contributed by atoms with E-state index in [0.29, 0.717) is 11.3 Å². The maximum Gasteiger partial charge on any atom is 0.221 e. The average molecular weight is 357 g/mol. The predicted octanol–water partition coefficient (Wildman–Crippen LogP) is 4.18. The highest BCUT2D eigenvalue weighted by atomic mass is 19.2. The molecule has 0 spiro atoms. The lowest BCUT2D eigenvalue weighted by Gasteiger charge is -2.09. The zero-order valence-corrected chi connectivity index (χ0v) is 13.1. The minimum absolute atomic E-state index is 0.191. The van der Waals surface area contributed by atoms with E-state index in [9.17, 15) is 26.7 Å². The molecule has 2 aromatic rings. The number of carbonyl (C=O) groups is 1. The monoisotopic (exact) mass is 357 g/mol. The van der Waals surface area contributed by atoms with Gasteiger partial charge in [0.15, 0.2) is 23.3 Å². The van der Waals surface area contributed by atoms with Crippen LogP contribution < -0.4 is 10.7 Å². The van der Waals surface area contributed by atoms with Crippen molar-refractivity contribution in [1.29, 1.82) is 0 Å². The van der Waals surface area contributed by atoms with Gasteiger partial charge in [0, 0.05) is 12.6 Å². The van der Waals surface area contributed by atoms with Gasteiger partial charge in [-0.3, -0.25) is 10.2 Å². The van der Waals surface area contributed by atoms with Crippen LogP contribution in [0.1, 0.15) is 19.4 Å². The Morgan fingerprint density at radius 1 is 0.920 bits per heavy atom. The van der Waals surface area contributed by atoms with E-state index in [4.69, 9.17) is 0 Å². The normalized spacial score (nSPS) is 11.4. The van der Waals surface area contributed by atoms with Crippen molar-refractivity contribution in [1.82, 2.24) is 0 Å². The maximum atomic E-state index is 13.6. The van der Waals surface area contributed by atoms with E-state index in [0.717, 1.165) is 0 Å². The summed E-state index contributed by atoms with van der Waals surface area (Å²) in [5, 5.41) is 6.17. The van der Waals surface area contributed by atoms with Gasteiger partial charge in [-0.15, -0.1) is 0 Å². The van der Waals surface area contributed by atoms with Crippen molar-refractivity contribution in [3.8, 4) is 0 Å². The highest BCUT2D eigenvalue weighted by Gasteiger charge is 2.25. The summed E-state index contributed by atoms with van der Waals surface area (Å²) in [6, 6.07) is 6.32. The molecule has 0 fully saturated rings. The summed E-state index contributed by atoms with van der Waals surface area (Å²) in [5.41, 5.74) is 1.70. The van der Waals surface area contributed by atoms with Crippen LogP contribution in [0.3, 0.4) is 0 Å². The number of nitrogens with one attached hydrogen (secondary N) is 2. The van der Waals surface area contributed by atoms with Gasteiger partial charge in [-0.1, -0.05) is 12.1 Å². The van der Waals surface area contributed by atoms with Gasteiger partial charge in [0.05, 0.1) is 5.71 Å². The standard InChI is InChI=1S/C16H12F5N3O/c1-7(9-4-3-5-10(6-9)22-8(2)25)23-24-16-14(20)12(18)11(17)13(19)15(16)21/h3-6,24H,1-2H3,(H,22,25)/b23-7-. The molecule has 4 nitrogen and oxygen atoms in total. The number of hydrogen-bond donors (Lipinski definition) is 2. The Morgan fingerprint density at radius 2 is 1.48 bits per heavy atom. The van der Waals surface area contributed by atoms with E-state index in [1.165, 1.54) is 19.9 Å². The molecular weight excluding hydrogens is 345 g/mol. The van der Waals surface area contributed by atoms with Crippen LogP contribution in [0.5, 0.6) is 0 Å². The SMILES string of the molecule is CC(=O)Nc1cccc(/C(C)=N\Nc2c(F)c(F)c(F)c(F)c2F)c1. The smallest absolute Gasteiger partial charge is 0.221 e. The molecule has 0 radical (unpaired) electrons. The fourth-order valence-electron chi connectivity index (χ4n) is 1.93. The van der Waals surface area contributed by atoms with E-state index >= 15 is 0 Å². The summed E-state index contributed by atoms with van der Waals surface area (Å²) in [5.74, 6) is -10.7. The summed E-state index contributed by atoms with van der Waals surface area (Å²) in [4.78, 5) is 11.0. The van der Waals surface area contributed by atoms with Crippen LogP contribution in [0, 0.1) is 29.1 Å². The first-order valence-corrected chi connectivity index (χ1v) is 6.92. The Bertz CT molecular complexity index is 838. The van der Waals surface area contributed by atoms with Crippen LogP contribution >= 0.6 is 0 Å². The highest BCUT2D eigenvalue weighted by Crippen LogP contribution is 2.27.